The van der Waals surface area contributed by atoms with Crippen molar-refractivity contribution in [2.24, 2.45) is 0 Å². The third-order valence-electron chi connectivity index (χ3n) is 4.12. The highest BCUT2D eigenvalue weighted by Crippen LogP contribution is 2.29. The maximum atomic E-state index is 13.0. The van der Waals surface area contributed by atoms with Crippen LogP contribution in [-0.2, 0) is 0 Å². The van der Waals surface area contributed by atoms with Gasteiger partial charge < -0.3 is 14.6 Å². The number of nitrogens with zero attached hydrogens (tertiary/aromatic N) is 1. The highest BCUT2D eigenvalue weighted by molar-refractivity contribution is 5.50. The van der Waals surface area contributed by atoms with Gasteiger partial charge in [0.05, 0.1) is 18.4 Å². The Balaban J connectivity index is 1.84. The Morgan fingerprint density at radius 2 is 1.70 bits per heavy atom. The lowest BCUT2D eigenvalue weighted by molar-refractivity contribution is 0.0276. The number of rotatable bonds is 5. The Bertz CT molecular complexity index is 1150. The lowest BCUT2D eigenvalue weighted by Crippen LogP contribution is -2.28. The van der Waals surface area contributed by atoms with Gasteiger partial charge in [0, 0.05) is 29.5 Å². The van der Waals surface area contributed by atoms with E-state index in [1.165, 1.54) is 29.9 Å². The number of hydrogen-bond acceptors (Lipinski definition) is 4. The largest absolute Gasteiger partial charge is 0.493 e. The topological polar surface area (TPSA) is 60.7 Å². The van der Waals surface area contributed by atoms with Gasteiger partial charge in [-0.25, -0.2) is 4.39 Å². The first-order valence-electron chi connectivity index (χ1n) is 9.29. The lowest BCUT2D eigenvalue weighted by atomic mass is 10.1. The van der Waals surface area contributed by atoms with E-state index in [-0.39, 0.29) is 18.0 Å². The summed E-state index contributed by atoms with van der Waals surface area (Å²) in [6.07, 6.45) is 1.63. The van der Waals surface area contributed by atoms with Crippen molar-refractivity contribution in [3.05, 3.63) is 88.1 Å². The van der Waals surface area contributed by atoms with Crippen LogP contribution in [0.1, 0.15) is 25.0 Å². The zero-order chi connectivity index (χ0) is 21.7. The van der Waals surface area contributed by atoms with Crippen LogP contribution in [0.2, 0.25) is 0 Å². The molecule has 1 N–H and O–H groups in total. The van der Waals surface area contributed by atoms with Gasteiger partial charge in [-0.15, -0.1) is 0 Å². The van der Waals surface area contributed by atoms with Gasteiger partial charge in [-0.05, 0) is 56.3 Å². The maximum Gasteiger partial charge on any atom is 0.256 e. The zero-order valence-electron chi connectivity index (χ0n) is 17.0. The van der Waals surface area contributed by atoms with Crippen molar-refractivity contribution in [2.75, 3.05) is 13.7 Å². The summed E-state index contributed by atoms with van der Waals surface area (Å²) in [6.45, 7) is 3.39. The van der Waals surface area contributed by atoms with E-state index in [0.29, 0.717) is 28.3 Å². The Labute approximate surface area is 174 Å². The van der Waals surface area contributed by atoms with Crippen LogP contribution in [0.15, 0.2) is 65.6 Å². The summed E-state index contributed by atoms with van der Waals surface area (Å²) < 4.78 is 25.4. The Hall–Kier alpha value is -3.56. The van der Waals surface area contributed by atoms with E-state index in [1.54, 1.807) is 56.4 Å². The average molecular weight is 407 g/mol. The van der Waals surface area contributed by atoms with Gasteiger partial charge in [0.25, 0.3) is 5.56 Å². The maximum absolute atomic E-state index is 13.0. The van der Waals surface area contributed by atoms with E-state index in [4.69, 9.17) is 9.47 Å². The van der Waals surface area contributed by atoms with Gasteiger partial charge in [0.2, 0.25) is 0 Å². The molecule has 0 fully saturated rings. The Kier molecular flexibility index (Phi) is 6.24. The SMILES string of the molecule is COc1cc(-n2ccc(C#Cc3ccc(F)cc3)cc2=O)ccc1OCC(C)(C)O. The van der Waals surface area contributed by atoms with Crippen molar-refractivity contribution < 1.29 is 19.0 Å². The molecule has 3 rings (SSSR count). The predicted octanol–water partition coefficient (Wildman–Crippen LogP) is 3.53. The molecule has 0 unspecified atom stereocenters. The van der Waals surface area contributed by atoms with Gasteiger partial charge in [0.1, 0.15) is 12.4 Å². The number of halogens is 1. The number of benzene rings is 2. The second kappa shape index (κ2) is 8.85. The third-order valence-corrected chi connectivity index (χ3v) is 4.12. The molecule has 0 radical (unpaired) electrons. The van der Waals surface area contributed by atoms with Crippen molar-refractivity contribution in [3.8, 4) is 29.0 Å². The highest BCUT2D eigenvalue weighted by Gasteiger charge is 2.15. The summed E-state index contributed by atoms with van der Waals surface area (Å²) in [7, 11) is 1.51. The summed E-state index contributed by atoms with van der Waals surface area (Å²) >= 11 is 0. The number of aromatic nitrogens is 1. The predicted molar refractivity (Wildman–Crippen MR) is 113 cm³/mol. The van der Waals surface area contributed by atoms with Crippen LogP contribution in [0.5, 0.6) is 11.5 Å². The lowest BCUT2D eigenvalue weighted by Gasteiger charge is -2.19. The molecular formula is C24H22FNO4. The summed E-state index contributed by atoms with van der Waals surface area (Å²) in [5.41, 5.74) is 0.578. The van der Waals surface area contributed by atoms with Crippen LogP contribution in [0.4, 0.5) is 4.39 Å². The van der Waals surface area contributed by atoms with E-state index >= 15 is 0 Å². The first-order chi connectivity index (χ1) is 14.2. The molecule has 0 aliphatic carbocycles. The molecule has 6 heteroatoms. The van der Waals surface area contributed by atoms with Crippen molar-refractivity contribution in [2.45, 2.75) is 19.4 Å². The first kappa shape index (κ1) is 21.2. The van der Waals surface area contributed by atoms with Crippen LogP contribution in [0, 0.1) is 17.7 Å². The number of ether oxygens (including phenoxy) is 2. The molecule has 5 nitrogen and oxygen atoms in total. The number of pyridine rings is 1. The van der Waals surface area contributed by atoms with Gasteiger partial charge in [-0.1, -0.05) is 11.8 Å². The molecule has 0 aliphatic rings. The first-order valence-corrected chi connectivity index (χ1v) is 9.29. The monoisotopic (exact) mass is 407 g/mol. The molecule has 0 saturated heterocycles. The Morgan fingerprint density at radius 3 is 2.33 bits per heavy atom. The Morgan fingerprint density at radius 1 is 1.00 bits per heavy atom. The van der Waals surface area contributed by atoms with E-state index in [0.717, 1.165) is 0 Å². The summed E-state index contributed by atoms with van der Waals surface area (Å²) in [5.74, 6) is 6.41. The molecule has 30 heavy (non-hydrogen) atoms. The van der Waals surface area contributed by atoms with Gasteiger partial charge in [0.15, 0.2) is 11.5 Å². The van der Waals surface area contributed by atoms with Gasteiger partial charge in [-0.3, -0.25) is 9.36 Å². The van der Waals surface area contributed by atoms with Crippen LogP contribution in [-0.4, -0.2) is 29.0 Å². The van der Waals surface area contributed by atoms with Crippen molar-refractivity contribution in [1.29, 1.82) is 0 Å². The van der Waals surface area contributed by atoms with Crippen molar-refractivity contribution in [1.82, 2.24) is 4.57 Å². The van der Waals surface area contributed by atoms with Crippen LogP contribution >= 0.6 is 0 Å². The van der Waals surface area contributed by atoms with Crippen LogP contribution < -0.4 is 15.0 Å². The minimum atomic E-state index is -0.981. The highest BCUT2D eigenvalue weighted by atomic mass is 19.1. The van der Waals surface area contributed by atoms with Gasteiger partial charge >= 0.3 is 0 Å². The fourth-order valence-corrected chi connectivity index (χ4v) is 2.63. The minimum absolute atomic E-state index is 0.101. The number of aliphatic hydroxyl groups is 1. The second-order valence-corrected chi connectivity index (χ2v) is 7.32. The zero-order valence-corrected chi connectivity index (χ0v) is 17.0. The smallest absolute Gasteiger partial charge is 0.256 e. The van der Waals surface area contributed by atoms with Gasteiger partial charge in [-0.2, -0.15) is 0 Å². The van der Waals surface area contributed by atoms with Crippen molar-refractivity contribution >= 4 is 0 Å². The molecule has 3 aromatic rings. The normalized spacial score (nSPS) is 10.8. The molecule has 0 saturated carbocycles. The minimum Gasteiger partial charge on any atom is -0.493 e. The molecule has 1 aromatic heterocycles. The summed E-state index contributed by atoms with van der Waals surface area (Å²) in [5, 5.41) is 9.83. The van der Waals surface area contributed by atoms with Crippen LogP contribution in [0.3, 0.4) is 0 Å². The molecular weight excluding hydrogens is 385 g/mol. The average Bonchev–Trinajstić information content (AvgIpc) is 2.71. The molecule has 2 aromatic carbocycles. The quantitative estimate of drug-likeness (QED) is 0.658. The molecule has 0 aliphatic heterocycles. The number of hydrogen-bond donors (Lipinski definition) is 1. The summed E-state index contributed by atoms with van der Waals surface area (Å²) in [4.78, 5) is 12.6. The van der Waals surface area contributed by atoms with Crippen molar-refractivity contribution in [3.63, 3.8) is 0 Å². The standard InChI is InChI=1S/C24H22FNO4/c1-24(2,28)16-30-21-11-10-20(15-22(21)29-3)26-13-12-18(14-23(26)27)5-4-17-6-8-19(25)9-7-17/h6-15,28H,16H2,1-3H3. The summed E-state index contributed by atoms with van der Waals surface area (Å²) in [6, 6.07) is 14.1. The van der Waals surface area contributed by atoms with E-state index in [1.807, 2.05) is 0 Å². The molecule has 0 spiro atoms. The molecule has 154 valence electrons. The molecule has 0 bridgehead atoms. The van der Waals surface area contributed by atoms with E-state index < -0.39 is 5.60 Å². The molecule has 0 amide bonds. The fourth-order valence-electron chi connectivity index (χ4n) is 2.63. The van der Waals surface area contributed by atoms with Crippen LogP contribution in [0.25, 0.3) is 5.69 Å². The molecule has 0 atom stereocenters. The fraction of sp³-hybridized carbons (Fsp3) is 0.208. The number of methoxy groups -OCH3 is 1. The third kappa shape index (κ3) is 5.49. The molecule has 1 heterocycles. The van der Waals surface area contributed by atoms with E-state index in [2.05, 4.69) is 11.8 Å². The van der Waals surface area contributed by atoms with E-state index in [9.17, 15) is 14.3 Å². The second-order valence-electron chi connectivity index (χ2n) is 7.32.